The van der Waals surface area contributed by atoms with Crippen LogP contribution in [-0.4, -0.2) is 30.9 Å². The number of aryl methyl sites for hydroxylation is 1. The maximum Gasteiger partial charge on any atom is 0.251 e. The summed E-state index contributed by atoms with van der Waals surface area (Å²) >= 11 is 0. The largest absolute Gasteiger partial charge is 0.496 e. The highest BCUT2D eigenvalue weighted by molar-refractivity contribution is 6.07. The number of amides is 1. The predicted octanol–water partition coefficient (Wildman–Crippen LogP) is 7.20. The molecule has 0 unspecified atom stereocenters. The Balaban J connectivity index is 0.000000457. The maximum atomic E-state index is 13.8. The minimum Gasteiger partial charge on any atom is -0.496 e. The molecule has 2 rings (SSSR count). The van der Waals surface area contributed by atoms with Crippen LogP contribution in [0.2, 0.25) is 0 Å². The van der Waals surface area contributed by atoms with E-state index in [4.69, 9.17) is 10.5 Å². The van der Waals surface area contributed by atoms with Crippen molar-refractivity contribution in [2.24, 2.45) is 10.7 Å². The van der Waals surface area contributed by atoms with Gasteiger partial charge in [-0.05, 0) is 102 Å². The van der Waals surface area contributed by atoms with Gasteiger partial charge in [-0.2, -0.15) is 0 Å². The Morgan fingerprint density at radius 3 is 2.33 bits per heavy atom. The van der Waals surface area contributed by atoms with Gasteiger partial charge in [-0.25, -0.2) is 9.38 Å². The summed E-state index contributed by atoms with van der Waals surface area (Å²) in [6, 6.07) is 9.20. The van der Waals surface area contributed by atoms with Crippen molar-refractivity contribution in [3.8, 4) is 5.75 Å². The smallest absolute Gasteiger partial charge is 0.251 e. The van der Waals surface area contributed by atoms with E-state index in [0.29, 0.717) is 34.8 Å². The first-order valence-corrected chi connectivity index (χ1v) is 13.1. The van der Waals surface area contributed by atoms with Crippen molar-refractivity contribution in [1.29, 1.82) is 0 Å². The minimum atomic E-state index is -0.441. The Kier molecular flexibility index (Phi) is 13.4. The average Bonchev–Trinajstić information content (AvgIpc) is 2.90. The summed E-state index contributed by atoms with van der Waals surface area (Å²) in [4.78, 5) is 16.8. The van der Waals surface area contributed by atoms with Crippen molar-refractivity contribution in [3.63, 3.8) is 0 Å². The highest BCUT2D eigenvalue weighted by Crippen LogP contribution is 2.27. The summed E-state index contributed by atoms with van der Waals surface area (Å²) in [6.07, 6.45) is 6.21. The van der Waals surface area contributed by atoms with E-state index >= 15 is 0 Å². The Morgan fingerprint density at radius 1 is 1.18 bits per heavy atom. The van der Waals surface area contributed by atoms with E-state index in [1.54, 1.807) is 32.4 Å². The molecule has 39 heavy (non-hydrogen) atoms. The highest BCUT2D eigenvalue weighted by Gasteiger charge is 2.16. The first-order chi connectivity index (χ1) is 18.3. The molecular weight excluding hydrogens is 491 g/mol. The van der Waals surface area contributed by atoms with E-state index in [1.807, 2.05) is 78.8 Å². The van der Waals surface area contributed by atoms with Crippen LogP contribution in [-0.2, 0) is 6.42 Å². The average molecular weight is 537 g/mol. The molecule has 0 saturated carbocycles. The Morgan fingerprint density at radius 2 is 1.82 bits per heavy atom. The number of nitrogens with two attached hydrogens (primary N) is 1. The van der Waals surface area contributed by atoms with Crippen LogP contribution in [0.25, 0.3) is 5.57 Å². The third-order valence-electron chi connectivity index (χ3n) is 5.87. The second-order valence-electron chi connectivity index (χ2n) is 9.99. The van der Waals surface area contributed by atoms with Gasteiger partial charge in [0.2, 0.25) is 0 Å². The number of nitrogens with zero attached hydrogens (tertiary/aromatic N) is 1. The first-order valence-electron chi connectivity index (χ1n) is 13.1. The van der Waals surface area contributed by atoms with Crippen molar-refractivity contribution < 1.29 is 13.9 Å². The zero-order valence-electron chi connectivity index (χ0n) is 25.0. The molecule has 0 aliphatic carbocycles. The lowest BCUT2D eigenvalue weighted by molar-refractivity contribution is 0.0945. The summed E-state index contributed by atoms with van der Waals surface area (Å²) in [6.45, 7) is 19.5. The monoisotopic (exact) mass is 536 g/mol. The molecule has 0 aliphatic rings. The quantitative estimate of drug-likeness (QED) is 0.233. The highest BCUT2D eigenvalue weighted by atomic mass is 19.1. The van der Waals surface area contributed by atoms with E-state index in [1.165, 1.54) is 0 Å². The molecule has 7 heteroatoms. The van der Waals surface area contributed by atoms with Crippen molar-refractivity contribution in [2.45, 2.75) is 67.3 Å². The molecule has 0 spiro atoms. The van der Waals surface area contributed by atoms with Gasteiger partial charge < -0.3 is 21.1 Å². The van der Waals surface area contributed by atoms with Gasteiger partial charge in [-0.1, -0.05) is 25.7 Å². The Hall–Kier alpha value is -3.71. The number of amidine groups is 1. The summed E-state index contributed by atoms with van der Waals surface area (Å²) in [5.41, 5.74) is 11.0. The zero-order valence-corrected chi connectivity index (χ0v) is 25.0. The number of methoxy groups -OCH3 is 1. The van der Waals surface area contributed by atoms with E-state index in [9.17, 15) is 9.18 Å². The fraction of sp³-hybridized carbons (Fsp3) is 0.375. The molecule has 1 amide bonds. The van der Waals surface area contributed by atoms with Crippen molar-refractivity contribution in [3.05, 3.63) is 88.9 Å². The number of carbonyl (C=O) groups is 1. The van der Waals surface area contributed by atoms with Gasteiger partial charge in [-0.3, -0.25) is 4.79 Å². The van der Waals surface area contributed by atoms with Gasteiger partial charge in [0.1, 0.15) is 17.4 Å². The minimum absolute atomic E-state index is 0.107. The third kappa shape index (κ3) is 10.5. The van der Waals surface area contributed by atoms with Gasteiger partial charge in [0.15, 0.2) is 0 Å². The Labute approximate surface area is 233 Å². The van der Waals surface area contributed by atoms with Crippen LogP contribution in [0.5, 0.6) is 5.75 Å². The SMILES string of the molecule is C/C=C(\C)c1ccc(OC)c(C)c1F.C=C(C)C(=N/C=C\C)Nc1ccc(C(=O)NCC(C)(C)N)c(CC)c1. The molecule has 4 N–H and O–H groups in total. The third-order valence-corrected chi connectivity index (χ3v) is 5.87. The zero-order chi connectivity index (χ0) is 29.8. The fourth-order valence-corrected chi connectivity index (χ4v) is 3.47. The number of ether oxygens (including phenoxy) is 1. The van der Waals surface area contributed by atoms with E-state index in [2.05, 4.69) is 22.2 Å². The predicted molar refractivity (Wildman–Crippen MR) is 164 cm³/mol. The summed E-state index contributed by atoms with van der Waals surface area (Å²) in [7, 11) is 1.55. The Bertz CT molecular complexity index is 1240. The number of rotatable bonds is 9. The molecule has 0 aromatic heterocycles. The number of hydrogen-bond acceptors (Lipinski definition) is 4. The second-order valence-corrected chi connectivity index (χ2v) is 9.99. The molecule has 0 saturated heterocycles. The molecule has 6 nitrogen and oxygen atoms in total. The molecule has 2 aromatic carbocycles. The van der Waals surface area contributed by atoms with Crippen LogP contribution in [0.15, 0.2) is 65.8 Å². The molecule has 2 aromatic rings. The number of allylic oxidation sites excluding steroid dienone is 3. The van der Waals surface area contributed by atoms with Crippen molar-refractivity contribution in [1.82, 2.24) is 5.32 Å². The van der Waals surface area contributed by atoms with Gasteiger partial charge in [-0.15, -0.1) is 0 Å². The lowest BCUT2D eigenvalue weighted by atomic mass is 10.0. The number of carbonyl (C=O) groups excluding carboxylic acids is 1. The van der Waals surface area contributed by atoms with Crippen LogP contribution >= 0.6 is 0 Å². The number of benzene rings is 2. The normalized spacial score (nSPS) is 12.1. The van der Waals surface area contributed by atoms with Crippen LogP contribution in [0.4, 0.5) is 10.1 Å². The second kappa shape index (κ2) is 15.6. The van der Waals surface area contributed by atoms with Gasteiger partial charge >= 0.3 is 0 Å². The molecule has 0 atom stereocenters. The van der Waals surface area contributed by atoms with Crippen molar-refractivity contribution >= 4 is 23.0 Å². The van der Waals surface area contributed by atoms with Crippen LogP contribution in [0, 0.1) is 12.7 Å². The molecular formula is C32H45FN4O2. The number of nitrogens with one attached hydrogen (secondary N) is 2. The number of hydrogen-bond donors (Lipinski definition) is 3. The lowest BCUT2D eigenvalue weighted by Gasteiger charge is -2.20. The standard InChI is InChI=1S/C20H30N4O.C12H15FO/c1-7-11-22-18(14(3)4)24-16-9-10-17(15(8-2)12-16)19(25)23-13-20(5,6)21;1-5-8(2)10-6-7-11(14-4)9(3)12(10)13/h7,9-12H,3,8,13,21H2,1-2,4-6H3,(H,22,24)(H,23,25);5-7H,1-4H3/b11-7-;8-5+. The molecule has 0 bridgehead atoms. The molecule has 0 aliphatic heterocycles. The molecule has 212 valence electrons. The number of anilines is 1. The van der Waals surface area contributed by atoms with Gasteiger partial charge in [0, 0.05) is 40.7 Å². The van der Waals surface area contributed by atoms with E-state index in [-0.39, 0.29) is 11.7 Å². The van der Waals surface area contributed by atoms with E-state index in [0.717, 1.165) is 28.8 Å². The van der Waals surface area contributed by atoms with E-state index < -0.39 is 5.54 Å². The molecule has 0 fully saturated rings. The van der Waals surface area contributed by atoms with Crippen LogP contribution in [0.1, 0.15) is 75.5 Å². The van der Waals surface area contributed by atoms with Crippen LogP contribution in [0.3, 0.4) is 0 Å². The van der Waals surface area contributed by atoms with Crippen molar-refractivity contribution in [2.75, 3.05) is 19.0 Å². The van der Waals surface area contributed by atoms with Gasteiger partial charge in [0.05, 0.1) is 7.11 Å². The summed E-state index contributed by atoms with van der Waals surface area (Å²) in [5, 5.41) is 6.15. The topological polar surface area (TPSA) is 88.7 Å². The van der Waals surface area contributed by atoms with Gasteiger partial charge in [0.25, 0.3) is 5.91 Å². The van der Waals surface area contributed by atoms with Crippen LogP contribution < -0.4 is 21.1 Å². The summed E-state index contributed by atoms with van der Waals surface area (Å²) in [5.74, 6) is 0.988. The first kappa shape index (κ1) is 33.3. The summed E-state index contributed by atoms with van der Waals surface area (Å²) < 4.78 is 18.8. The lowest BCUT2D eigenvalue weighted by Crippen LogP contribution is -2.45. The molecule has 0 radical (unpaired) electrons. The number of halogens is 1. The fourth-order valence-electron chi connectivity index (χ4n) is 3.47. The molecule has 0 heterocycles. The number of aliphatic imine (C=N–C) groups is 1. The maximum absolute atomic E-state index is 13.8.